The van der Waals surface area contributed by atoms with Gasteiger partial charge in [0.2, 0.25) is 0 Å². The topological polar surface area (TPSA) is 124 Å². The maximum atomic E-state index is 11.8. The third kappa shape index (κ3) is 5.81. The van der Waals surface area contributed by atoms with Gasteiger partial charge in [0.15, 0.2) is 13.2 Å². The van der Waals surface area contributed by atoms with E-state index in [2.05, 4.69) is 10.6 Å². The van der Waals surface area contributed by atoms with Crippen LogP contribution in [-0.4, -0.2) is 37.2 Å². The van der Waals surface area contributed by atoms with Crippen molar-refractivity contribution in [1.82, 2.24) is 10.6 Å². The van der Waals surface area contributed by atoms with E-state index in [9.17, 15) is 19.2 Å². The molecule has 0 aliphatic heterocycles. The standard InChI is InChI=1S/C20H22N2O7/c1-12-8-18(24)29-16-9-14(6-7-15(12)16)27-11-19(25)28-10-17(23)22-20(26)21-13-4-2-3-5-13/h6-9,13H,2-5,10-11H2,1H3,(H2,21,22,23,26). The van der Waals surface area contributed by atoms with E-state index in [1.165, 1.54) is 12.1 Å². The van der Waals surface area contributed by atoms with Gasteiger partial charge in [0.1, 0.15) is 11.3 Å². The van der Waals surface area contributed by atoms with Crippen LogP contribution in [0.4, 0.5) is 4.79 Å². The molecule has 0 radical (unpaired) electrons. The van der Waals surface area contributed by atoms with Crippen molar-refractivity contribution < 1.29 is 28.3 Å². The first-order valence-electron chi connectivity index (χ1n) is 9.34. The normalized spacial score (nSPS) is 13.8. The maximum Gasteiger partial charge on any atom is 0.344 e. The molecule has 9 heteroatoms. The summed E-state index contributed by atoms with van der Waals surface area (Å²) < 4.78 is 15.2. The Bertz CT molecular complexity index is 976. The van der Waals surface area contributed by atoms with Crippen LogP contribution in [0.25, 0.3) is 11.0 Å². The smallest absolute Gasteiger partial charge is 0.344 e. The van der Waals surface area contributed by atoms with Gasteiger partial charge < -0.3 is 19.2 Å². The SMILES string of the molecule is Cc1cc(=O)oc2cc(OCC(=O)OCC(=O)NC(=O)NC3CCCC3)ccc12. The van der Waals surface area contributed by atoms with Crippen molar-refractivity contribution in [1.29, 1.82) is 0 Å². The van der Waals surface area contributed by atoms with Gasteiger partial charge in [-0.15, -0.1) is 0 Å². The number of hydrogen-bond acceptors (Lipinski definition) is 7. The molecule has 0 saturated heterocycles. The highest BCUT2D eigenvalue weighted by Crippen LogP contribution is 2.22. The van der Waals surface area contributed by atoms with Crippen molar-refractivity contribution in [2.45, 2.75) is 38.6 Å². The molecule has 9 nitrogen and oxygen atoms in total. The average Bonchev–Trinajstić information content (AvgIpc) is 3.17. The number of benzene rings is 1. The third-order valence-electron chi connectivity index (χ3n) is 4.59. The molecule has 0 bridgehead atoms. The molecule has 2 aromatic rings. The number of rotatable bonds is 6. The predicted molar refractivity (Wildman–Crippen MR) is 103 cm³/mol. The number of aryl methyl sites for hydroxylation is 1. The zero-order valence-electron chi connectivity index (χ0n) is 16.0. The number of hydrogen-bond donors (Lipinski definition) is 2. The molecule has 0 spiro atoms. The van der Waals surface area contributed by atoms with Crippen LogP contribution in [0.5, 0.6) is 5.75 Å². The summed E-state index contributed by atoms with van der Waals surface area (Å²) in [5, 5.41) is 5.57. The van der Waals surface area contributed by atoms with Crippen LogP contribution >= 0.6 is 0 Å². The first-order valence-corrected chi connectivity index (χ1v) is 9.34. The van der Waals surface area contributed by atoms with E-state index in [0.717, 1.165) is 36.6 Å². The van der Waals surface area contributed by atoms with E-state index in [0.29, 0.717) is 11.3 Å². The first-order chi connectivity index (χ1) is 13.9. The van der Waals surface area contributed by atoms with Crippen LogP contribution < -0.4 is 21.0 Å². The van der Waals surface area contributed by atoms with Gasteiger partial charge >= 0.3 is 17.6 Å². The first kappa shape index (κ1) is 20.4. The highest BCUT2D eigenvalue weighted by Gasteiger charge is 2.18. The Kier molecular flexibility index (Phi) is 6.48. The van der Waals surface area contributed by atoms with Gasteiger partial charge in [0.25, 0.3) is 5.91 Å². The molecular weight excluding hydrogens is 380 g/mol. The molecule has 29 heavy (non-hydrogen) atoms. The molecule has 0 unspecified atom stereocenters. The minimum atomic E-state index is -0.776. The summed E-state index contributed by atoms with van der Waals surface area (Å²) in [5.41, 5.74) is 0.633. The molecular formula is C20H22N2O7. The van der Waals surface area contributed by atoms with Crippen molar-refractivity contribution in [3.8, 4) is 5.75 Å². The fourth-order valence-corrected chi connectivity index (χ4v) is 3.18. The highest BCUT2D eigenvalue weighted by atomic mass is 16.6. The number of esters is 1. The minimum absolute atomic E-state index is 0.0777. The van der Waals surface area contributed by atoms with Crippen molar-refractivity contribution >= 4 is 28.9 Å². The van der Waals surface area contributed by atoms with E-state index in [1.54, 1.807) is 19.1 Å². The molecule has 1 aromatic carbocycles. The molecule has 1 aromatic heterocycles. The predicted octanol–water partition coefficient (Wildman–Crippen LogP) is 1.79. The molecule has 3 rings (SSSR count). The summed E-state index contributed by atoms with van der Waals surface area (Å²) in [7, 11) is 0. The number of urea groups is 1. The maximum absolute atomic E-state index is 11.8. The molecule has 1 heterocycles. The number of amides is 3. The van der Waals surface area contributed by atoms with Gasteiger partial charge in [-0.05, 0) is 37.5 Å². The van der Waals surface area contributed by atoms with E-state index >= 15 is 0 Å². The molecule has 1 aliphatic carbocycles. The van der Waals surface area contributed by atoms with Crippen LogP contribution in [0.1, 0.15) is 31.2 Å². The van der Waals surface area contributed by atoms with E-state index in [1.807, 2.05) is 0 Å². The van der Waals surface area contributed by atoms with Crippen molar-refractivity contribution in [2.75, 3.05) is 13.2 Å². The highest BCUT2D eigenvalue weighted by molar-refractivity contribution is 5.95. The Morgan fingerprint density at radius 3 is 2.66 bits per heavy atom. The summed E-state index contributed by atoms with van der Waals surface area (Å²) in [5.74, 6) is -1.19. The summed E-state index contributed by atoms with van der Waals surface area (Å²) >= 11 is 0. The van der Waals surface area contributed by atoms with Crippen LogP contribution in [0.2, 0.25) is 0 Å². The van der Waals surface area contributed by atoms with Gasteiger partial charge in [-0.25, -0.2) is 14.4 Å². The summed E-state index contributed by atoms with van der Waals surface area (Å²) in [6, 6.07) is 5.71. The second-order valence-electron chi connectivity index (χ2n) is 6.86. The number of nitrogens with one attached hydrogen (secondary N) is 2. The Morgan fingerprint density at radius 2 is 1.90 bits per heavy atom. The summed E-state index contributed by atoms with van der Waals surface area (Å²) in [6.07, 6.45) is 3.90. The van der Waals surface area contributed by atoms with Crippen molar-refractivity contribution in [3.63, 3.8) is 0 Å². The second kappa shape index (κ2) is 9.22. The number of imide groups is 1. The number of carbonyl (C=O) groups excluding carboxylic acids is 3. The fourth-order valence-electron chi connectivity index (χ4n) is 3.18. The van der Waals surface area contributed by atoms with Gasteiger partial charge in [-0.2, -0.15) is 0 Å². The lowest BCUT2D eigenvalue weighted by molar-refractivity contribution is -0.150. The van der Waals surface area contributed by atoms with Crippen LogP contribution in [-0.2, 0) is 14.3 Å². The number of carbonyl (C=O) groups is 3. The van der Waals surface area contributed by atoms with Gasteiger partial charge in [0.05, 0.1) is 0 Å². The zero-order chi connectivity index (χ0) is 20.8. The van der Waals surface area contributed by atoms with Crippen LogP contribution in [0, 0.1) is 6.92 Å². The fraction of sp³-hybridized carbons (Fsp3) is 0.400. The van der Waals surface area contributed by atoms with Gasteiger partial charge in [0, 0.05) is 23.6 Å². The van der Waals surface area contributed by atoms with Gasteiger partial charge in [-0.1, -0.05) is 12.8 Å². The molecule has 3 amide bonds. The lowest BCUT2D eigenvalue weighted by Crippen LogP contribution is -2.45. The van der Waals surface area contributed by atoms with Crippen molar-refractivity contribution in [2.24, 2.45) is 0 Å². The average molecular weight is 402 g/mol. The molecule has 154 valence electrons. The molecule has 2 N–H and O–H groups in total. The van der Waals surface area contributed by atoms with E-state index in [4.69, 9.17) is 13.9 Å². The van der Waals surface area contributed by atoms with E-state index in [-0.39, 0.29) is 6.04 Å². The molecule has 0 atom stereocenters. The summed E-state index contributed by atoms with van der Waals surface area (Å²) in [6.45, 7) is 0.755. The van der Waals surface area contributed by atoms with Crippen molar-refractivity contribution in [3.05, 3.63) is 40.2 Å². The van der Waals surface area contributed by atoms with Crippen LogP contribution in [0.15, 0.2) is 33.5 Å². The third-order valence-corrected chi connectivity index (χ3v) is 4.59. The minimum Gasteiger partial charge on any atom is -0.482 e. The number of fused-ring (bicyclic) bond motifs is 1. The molecule has 1 saturated carbocycles. The van der Waals surface area contributed by atoms with Crippen LogP contribution in [0.3, 0.4) is 0 Å². The Balaban J connectivity index is 1.42. The Hall–Kier alpha value is -3.36. The Morgan fingerprint density at radius 1 is 1.14 bits per heavy atom. The lowest BCUT2D eigenvalue weighted by Gasteiger charge is -2.12. The number of ether oxygens (including phenoxy) is 2. The quantitative estimate of drug-likeness (QED) is 0.558. The molecule has 1 fully saturated rings. The Labute approximate surface area is 166 Å². The van der Waals surface area contributed by atoms with Gasteiger partial charge in [-0.3, -0.25) is 10.1 Å². The van der Waals surface area contributed by atoms with E-state index < -0.39 is 36.7 Å². The summed E-state index contributed by atoms with van der Waals surface area (Å²) in [4.78, 5) is 46.6. The largest absolute Gasteiger partial charge is 0.482 e. The second-order valence-corrected chi connectivity index (χ2v) is 6.86. The molecule has 1 aliphatic rings. The zero-order valence-corrected chi connectivity index (χ0v) is 16.0. The lowest BCUT2D eigenvalue weighted by atomic mass is 10.1. The monoisotopic (exact) mass is 402 g/mol.